The summed E-state index contributed by atoms with van der Waals surface area (Å²) in [6.45, 7) is 0.622. The van der Waals surface area contributed by atoms with Gasteiger partial charge in [-0.3, -0.25) is 0 Å². The molecule has 0 spiro atoms. The topological polar surface area (TPSA) is 95.6 Å². The van der Waals surface area contributed by atoms with E-state index >= 15 is 0 Å². The molecule has 1 aromatic rings. The van der Waals surface area contributed by atoms with Gasteiger partial charge in [0, 0.05) is 27.2 Å². The van der Waals surface area contributed by atoms with Gasteiger partial charge in [-0.2, -0.15) is 0 Å². The van der Waals surface area contributed by atoms with Crippen molar-refractivity contribution in [3.8, 4) is 0 Å². The molecule has 1 aromatic carbocycles. The minimum Gasteiger partial charge on any atom is -0.318 e. The molecule has 0 heterocycles. The summed E-state index contributed by atoms with van der Waals surface area (Å²) in [6, 6.07) is 5.53. The third-order valence-electron chi connectivity index (χ3n) is 2.56. The molecule has 0 amide bonds. The van der Waals surface area contributed by atoms with Crippen LogP contribution in [0.4, 0.5) is 0 Å². The molecule has 0 aliphatic carbocycles. The Morgan fingerprint density at radius 3 is 2.00 bits per heavy atom. The highest BCUT2D eigenvalue weighted by Gasteiger charge is 2.27. The SMILES string of the molecule is CNCCNS(=O)(=O)c1ccccc1S(=O)(=O)N(C)C.Cl. The predicted octanol–water partition coefficient (Wildman–Crippen LogP) is -0.144. The Morgan fingerprint density at radius 2 is 1.52 bits per heavy atom. The number of sulfonamides is 2. The van der Waals surface area contributed by atoms with E-state index in [1.54, 1.807) is 7.05 Å². The largest absolute Gasteiger partial charge is 0.318 e. The lowest BCUT2D eigenvalue weighted by Crippen LogP contribution is -2.32. The quantitative estimate of drug-likeness (QED) is 0.662. The fraction of sp³-hybridized carbons (Fsp3) is 0.455. The molecule has 0 atom stereocenters. The molecule has 0 aliphatic heterocycles. The smallest absolute Gasteiger partial charge is 0.243 e. The van der Waals surface area contributed by atoms with Gasteiger partial charge in [0.1, 0.15) is 9.79 Å². The summed E-state index contributed by atoms with van der Waals surface area (Å²) in [6.07, 6.45) is 0. The van der Waals surface area contributed by atoms with Gasteiger partial charge in [-0.05, 0) is 19.2 Å². The molecule has 21 heavy (non-hydrogen) atoms. The maximum absolute atomic E-state index is 12.2. The molecule has 0 aliphatic rings. The number of rotatable bonds is 7. The number of nitrogens with zero attached hydrogens (tertiary/aromatic N) is 1. The van der Waals surface area contributed by atoms with Crippen molar-refractivity contribution in [3.63, 3.8) is 0 Å². The summed E-state index contributed by atoms with van der Waals surface area (Å²) < 4.78 is 52.0. The predicted molar refractivity (Wildman–Crippen MR) is 83.7 cm³/mol. The van der Waals surface area contributed by atoms with Crippen molar-refractivity contribution in [1.29, 1.82) is 0 Å². The van der Waals surface area contributed by atoms with Crippen molar-refractivity contribution in [2.45, 2.75) is 9.79 Å². The van der Waals surface area contributed by atoms with E-state index in [1.807, 2.05) is 0 Å². The zero-order chi connectivity index (χ0) is 15.4. The van der Waals surface area contributed by atoms with E-state index in [0.29, 0.717) is 6.54 Å². The minimum atomic E-state index is -3.88. The second-order valence-electron chi connectivity index (χ2n) is 4.24. The van der Waals surface area contributed by atoms with Crippen LogP contribution in [0, 0.1) is 0 Å². The second kappa shape index (κ2) is 8.06. The first-order chi connectivity index (χ1) is 9.23. The number of hydrogen-bond acceptors (Lipinski definition) is 5. The van der Waals surface area contributed by atoms with Crippen molar-refractivity contribution in [1.82, 2.24) is 14.3 Å². The van der Waals surface area contributed by atoms with Crippen LogP contribution in [-0.4, -0.2) is 55.4 Å². The maximum atomic E-state index is 12.2. The van der Waals surface area contributed by atoms with Crippen LogP contribution in [0.5, 0.6) is 0 Å². The van der Waals surface area contributed by atoms with Crippen LogP contribution in [0.2, 0.25) is 0 Å². The van der Waals surface area contributed by atoms with Crippen molar-refractivity contribution in [2.24, 2.45) is 0 Å². The Morgan fingerprint density at radius 1 is 1.00 bits per heavy atom. The Labute approximate surface area is 132 Å². The minimum absolute atomic E-state index is 0. The van der Waals surface area contributed by atoms with Crippen LogP contribution in [0.1, 0.15) is 0 Å². The first kappa shape index (κ1) is 20.3. The fourth-order valence-corrected chi connectivity index (χ4v) is 4.20. The molecule has 0 aromatic heterocycles. The van der Waals surface area contributed by atoms with Gasteiger partial charge in [-0.15, -0.1) is 12.4 Å². The molecule has 7 nitrogen and oxygen atoms in total. The number of halogens is 1. The lowest BCUT2D eigenvalue weighted by atomic mass is 10.4. The fourth-order valence-electron chi connectivity index (χ4n) is 1.47. The average Bonchev–Trinajstić information content (AvgIpc) is 2.38. The Hall–Kier alpha value is -0.710. The van der Waals surface area contributed by atoms with E-state index in [9.17, 15) is 16.8 Å². The lowest BCUT2D eigenvalue weighted by Gasteiger charge is -2.15. The third kappa shape index (κ3) is 4.90. The average molecular weight is 358 g/mol. The van der Waals surface area contributed by atoms with E-state index in [0.717, 1.165) is 4.31 Å². The zero-order valence-electron chi connectivity index (χ0n) is 12.0. The van der Waals surface area contributed by atoms with Crippen LogP contribution in [0.15, 0.2) is 34.1 Å². The van der Waals surface area contributed by atoms with Gasteiger partial charge < -0.3 is 5.32 Å². The van der Waals surface area contributed by atoms with Gasteiger partial charge in [0.05, 0.1) is 0 Å². The van der Waals surface area contributed by atoms with Gasteiger partial charge in [-0.25, -0.2) is 25.9 Å². The van der Waals surface area contributed by atoms with Gasteiger partial charge in [0.25, 0.3) is 0 Å². The molecule has 0 saturated heterocycles. The van der Waals surface area contributed by atoms with Gasteiger partial charge >= 0.3 is 0 Å². The highest BCUT2D eigenvalue weighted by molar-refractivity contribution is 7.92. The molecule has 0 bridgehead atoms. The highest BCUT2D eigenvalue weighted by atomic mass is 35.5. The van der Waals surface area contributed by atoms with Crippen LogP contribution in [0.25, 0.3) is 0 Å². The van der Waals surface area contributed by atoms with E-state index < -0.39 is 20.0 Å². The molecule has 0 fully saturated rings. The Kier molecular flexibility index (Phi) is 7.79. The van der Waals surface area contributed by atoms with Crippen LogP contribution < -0.4 is 10.0 Å². The van der Waals surface area contributed by atoms with E-state index in [4.69, 9.17) is 0 Å². The van der Waals surface area contributed by atoms with Gasteiger partial charge in [-0.1, -0.05) is 12.1 Å². The maximum Gasteiger partial charge on any atom is 0.243 e. The van der Waals surface area contributed by atoms with Crippen LogP contribution in [-0.2, 0) is 20.0 Å². The second-order valence-corrected chi connectivity index (χ2v) is 8.09. The lowest BCUT2D eigenvalue weighted by molar-refractivity contribution is 0.516. The first-order valence-corrected chi connectivity index (χ1v) is 8.81. The highest BCUT2D eigenvalue weighted by Crippen LogP contribution is 2.22. The standard InChI is InChI=1S/C11H19N3O4S2.ClH/c1-12-8-9-13-19(15,16)10-6-4-5-7-11(10)20(17,18)14(2)3;/h4-7,12-13H,8-9H2,1-3H3;1H. The summed E-state index contributed by atoms with van der Waals surface area (Å²) in [4.78, 5) is -0.480. The monoisotopic (exact) mass is 357 g/mol. The molecule has 2 N–H and O–H groups in total. The number of likely N-dealkylation sites (N-methyl/N-ethyl adjacent to an activating group) is 1. The summed E-state index contributed by atoms with van der Waals surface area (Å²) in [5.41, 5.74) is 0. The van der Waals surface area contributed by atoms with E-state index in [-0.39, 0.29) is 28.7 Å². The zero-order valence-corrected chi connectivity index (χ0v) is 14.5. The number of benzene rings is 1. The summed E-state index contributed by atoms with van der Waals surface area (Å²) in [5.74, 6) is 0. The molecule has 122 valence electrons. The Bertz CT molecular complexity index is 660. The molecule has 10 heteroatoms. The number of nitrogens with one attached hydrogen (secondary N) is 2. The molecule has 1 rings (SSSR count). The van der Waals surface area contributed by atoms with Crippen molar-refractivity contribution < 1.29 is 16.8 Å². The Balaban J connectivity index is 0.00000400. The molecule has 0 radical (unpaired) electrons. The van der Waals surface area contributed by atoms with E-state index in [2.05, 4.69) is 10.0 Å². The molecular weight excluding hydrogens is 338 g/mol. The van der Waals surface area contributed by atoms with Crippen molar-refractivity contribution in [2.75, 3.05) is 34.2 Å². The third-order valence-corrected chi connectivity index (χ3v) is 6.09. The van der Waals surface area contributed by atoms with Crippen LogP contribution >= 0.6 is 12.4 Å². The first-order valence-electron chi connectivity index (χ1n) is 5.89. The van der Waals surface area contributed by atoms with Gasteiger partial charge in [0.2, 0.25) is 20.0 Å². The summed E-state index contributed by atoms with van der Waals surface area (Å²) >= 11 is 0. The number of hydrogen-bond donors (Lipinski definition) is 2. The molecule has 0 saturated carbocycles. The van der Waals surface area contributed by atoms with Crippen molar-refractivity contribution in [3.05, 3.63) is 24.3 Å². The van der Waals surface area contributed by atoms with E-state index in [1.165, 1.54) is 38.4 Å². The van der Waals surface area contributed by atoms with Gasteiger partial charge in [0.15, 0.2) is 0 Å². The molecule has 0 unspecified atom stereocenters. The molecular formula is C11H20ClN3O4S2. The van der Waals surface area contributed by atoms with Crippen molar-refractivity contribution >= 4 is 32.5 Å². The summed E-state index contributed by atoms with van der Waals surface area (Å²) in [5, 5.41) is 2.80. The summed E-state index contributed by atoms with van der Waals surface area (Å²) in [7, 11) is -3.30. The normalized spacial score (nSPS) is 12.2. The van der Waals surface area contributed by atoms with Crippen LogP contribution in [0.3, 0.4) is 0 Å².